The summed E-state index contributed by atoms with van der Waals surface area (Å²) in [5.41, 5.74) is 3.16. The van der Waals surface area contributed by atoms with Crippen molar-refractivity contribution in [1.29, 1.82) is 0 Å². The Morgan fingerprint density at radius 1 is 1.16 bits per heavy atom. The number of rotatable bonds is 5. The third-order valence-electron chi connectivity index (χ3n) is 4.92. The molecule has 0 unspecified atom stereocenters. The molecule has 7 nitrogen and oxygen atoms in total. The van der Waals surface area contributed by atoms with Gasteiger partial charge in [0, 0.05) is 11.8 Å². The molecule has 1 aromatic heterocycles. The molecular weight excluding hydrogens is 414 g/mol. The Kier molecular flexibility index (Phi) is 6.24. The molecular formula is C23H25N3O4S. The van der Waals surface area contributed by atoms with Crippen molar-refractivity contribution in [2.24, 2.45) is 0 Å². The Hall–Kier alpha value is -3.10. The minimum absolute atomic E-state index is 0.0913. The highest BCUT2D eigenvalue weighted by molar-refractivity contribution is 7.92. The van der Waals surface area contributed by atoms with Crippen molar-refractivity contribution >= 4 is 28.9 Å². The fourth-order valence-corrected chi connectivity index (χ4v) is 3.93. The second kappa shape index (κ2) is 8.56. The average molecular weight is 440 g/mol. The first kappa shape index (κ1) is 22.6. The number of carbonyl (C=O) groups excluding carboxylic acids is 1. The van der Waals surface area contributed by atoms with Crippen LogP contribution in [-0.4, -0.2) is 37.3 Å². The summed E-state index contributed by atoms with van der Waals surface area (Å²) in [5, 5.41) is 9.13. The molecule has 0 aliphatic rings. The Bertz CT molecular complexity index is 1130. The Morgan fingerprint density at radius 3 is 2.45 bits per heavy atom. The van der Waals surface area contributed by atoms with Gasteiger partial charge in [0.1, 0.15) is 12.6 Å². The lowest BCUT2D eigenvalue weighted by Gasteiger charge is -2.25. The monoisotopic (exact) mass is 439 g/mol. The zero-order valence-electron chi connectivity index (χ0n) is 18.1. The number of benzene rings is 2. The maximum absolute atomic E-state index is 13.4. The molecule has 1 atom stereocenters. The number of aryl methyl sites for hydroxylation is 1. The van der Waals surface area contributed by atoms with Crippen LogP contribution in [0.25, 0.3) is 5.69 Å². The van der Waals surface area contributed by atoms with Gasteiger partial charge in [-0.1, -0.05) is 39.0 Å². The van der Waals surface area contributed by atoms with Crippen molar-refractivity contribution in [1.82, 2.24) is 9.55 Å². The van der Waals surface area contributed by atoms with E-state index >= 15 is 0 Å². The predicted molar refractivity (Wildman–Crippen MR) is 121 cm³/mol. The lowest BCUT2D eigenvalue weighted by Crippen LogP contribution is -2.36. The van der Waals surface area contributed by atoms with E-state index in [1.165, 1.54) is 23.1 Å². The highest BCUT2D eigenvalue weighted by Crippen LogP contribution is 2.29. The van der Waals surface area contributed by atoms with E-state index in [2.05, 4.69) is 25.8 Å². The Balaban J connectivity index is 2.03. The first-order valence-corrected chi connectivity index (χ1v) is 11.2. The molecule has 0 saturated carbocycles. The number of hydrogen-bond acceptors (Lipinski definition) is 4. The van der Waals surface area contributed by atoms with Crippen molar-refractivity contribution < 1.29 is 19.2 Å². The molecule has 1 heterocycles. The summed E-state index contributed by atoms with van der Waals surface area (Å²) in [7, 11) is 0. The topological polar surface area (TPSA) is 98.5 Å². The summed E-state index contributed by atoms with van der Waals surface area (Å²) in [6, 6.07) is 12.6. The van der Waals surface area contributed by atoms with E-state index in [0.717, 1.165) is 11.1 Å². The van der Waals surface area contributed by atoms with Crippen molar-refractivity contribution in [2.75, 3.05) is 10.6 Å². The average Bonchev–Trinajstić information content (AvgIpc) is 3.18. The van der Waals surface area contributed by atoms with E-state index in [4.69, 9.17) is 5.11 Å². The molecule has 0 bridgehead atoms. The number of carbonyl (C=O) groups is 2. The zero-order chi connectivity index (χ0) is 22.9. The molecule has 3 aromatic rings. The SMILES string of the molecule is Cc1ccc(C(=O)N(c2cccc(C(C)(C)C)c2)[S@+](C)[O-])cc1-n1cnc(C(=O)O)c1. The van der Waals surface area contributed by atoms with E-state index in [0.29, 0.717) is 16.9 Å². The molecule has 2 aromatic carbocycles. The lowest BCUT2D eigenvalue weighted by molar-refractivity contribution is 0.0690. The van der Waals surface area contributed by atoms with Crippen LogP contribution in [0.5, 0.6) is 0 Å². The second-order valence-electron chi connectivity index (χ2n) is 8.30. The molecule has 3 rings (SSSR count). The third kappa shape index (κ3) is 4.81. The molecule has 0 saturated heterocycles. The van der Waals surface area contributed by atoms with Crippen LogP contribution in [0.2, 0.25) is 0 Å². The van der Waals surface area contributed by atoms with Crippen LogP contribution in [0.15, 0.2) is 55.0 Å². The van der Waals surface area contributed by atoms with Crippen LogP contribution in [0.4, 0.5) is 5.69 Å². The quantitative estimate of drug-likeness (QED) is 0.603. The van der Waals surface area contributed by atoms with Gasteiger partial charge in [0.15, 0.2) is 5.69 Å². The highest BCUT2D eigenvalue weighted by atomic mass is 32.2. The normalized spacial score (nSPS) is 12.5. The summed E-state index contributed by atoms with van der Waals surface area (Å²) in [5.74, 6) is -1.54. The molecule has 0 radical (unpaired) electrons. The third-order valence-corrected chi connectivity index (χ3v) is 5.82. The summed E-state index contributed by atoms with van der Waals surface area (Å²) >= 11 is -1.59. The van der Waals surface area contributed by atoms with E-state index in [-0.39, 0.29) is 11.1 Å². The van der Waals surface area contributed by atoms with Crippen LogP contribution in [0.3, 0.4) is 0 Å². The lowest BCUT2D eigenvalue weighted by atomic mass is 9.87. The summed E-state index contributed by atoms with van der Waals surface area (Å²) < 4.78 is 15.4. The first-order chi connectivity index (χ1) is 14.5. The maximum atomic E-state index is 13.4. The van der Waals surface area contributed by atoms with Crippen LogP contribution < -0.4 is 4.31 Å². The van der Waals surface area contributed by atoms with Crippen LogP contribution in [0.1, 0.15) is 52.7 Å². The van der Waals surface area contributed by atoms with E-state index < -0.39 is 23.2 Å². The number of anilines is 1. The molecule has 31 heavy (non-hydrogen) atoms. The summed E-state index contributed by atoms with van der Waals surface area (Å²) in [4.78, 5) is 28.4. The largest absolute Gasteiger partial charge is 0.593 e. The van der Waals surface area contributed by atoms with Gasteiger partial charge in [-0.3, -0.25) is 4.79 Å². The fourth-order valence-electron chi connectivity index (χ4n) is 3.18. The number of hydrogen-bond donors (Lipinski definition) is 1. The predicted octanol–water partition coefficient (Wildman–Crippen LogP) is 4.12. The zero-order valence-corrected chi connectivity index (χ0v) is 18.9. The number of nitrogens with zero attached hydrogens (tertiary/aromatic N) is 3. The van der Waals surface area contributed by atoms with Gasteiger partial charge in [0.2, 0.25) is 0 Å². The number of carboxylic acid groups (broad SMARTS) is 1. The van der Waals surface area contributed by atoms with Crippen LogP contribution in [0, 0.1) is 6.92 Å². The first-order valence-electron chi connectivity index (χ1n) is 9.66. The van der Waals surface area contributed by atoms with E-state index in [9.17, 15) is 14.1 Å². The highest BCUT2D eigenvalue weighted by Gasteiger charge is 2.28. The van der Waals surface area contributed by atoms with Crippen LogP contribution in [-0.2, 0) is 16.8 Å². The van der Waals surface area contributed by atoms with Gasteiger partial charge in [0.25, 0.3) is 5.91 Å². The Morgan fingerprint density at radius 2 is 1.87 bits per heavy atom. The van der Waals surface area contributed by atoms with Gasteiger partial charge >= 0.3 is 5.97 Å². The van der Waals surface area contributed by atoms with Crippen molar-refractivity contribution in [3.8, 4) is 5.69 Å². The van der Waals surface area contributed by atoms with Gasteiger partial charge in [-0.05, 0) is 47.7 Å². The molecule has 162 valence electrons. The van der Waals surface area contributed by atoms with E-state index in [1.54, 1.807) is 28.8 Å². The number of imidazole rings is 1. The fraction of sp³-hybridized carbons (Fsp3) is 0.261. The van der Waals surface area contributed by atoms with Gasteiger partial charge in [-0.15, -0.1) is 4.31 Å². The molecule has 0 aliphatic carbocycles. The summed E-state index contributed by atoms with van der Waals surface area (Å²) in [6.45, 7) is 8.07. The number of aromatic nitrogens is 2. The standard InChI is InChI=1S/C23H25N3O4S/c1-15-9-10-16(11-20(15)25-13-19(22(28)29)24-14-25)21(27)26(31(5)30)18-8-6-7-17(12-18)23(2,3)4/h6-14H,1-5H3,(H,28,29)/t31-/m0/s1. The number of amides is 1. The molecule has 1 N–H and O–H groups in total. The van der Waals surface area contributed by atoms with Gasteiger partial charge in [-0.2, -0.15) is 0 Å². The number of aromatic carboxylic acids is 1. The molecule has 0 aliphatic heterocycles. The minimum atomic E-state index is -1.59. The van der Waals surface area contributed by atoms with Gasteiger partial charge in [0.05, 0.1) is 22.7 Å². The molecule has 0 spiro atoms. The van der Waals surface area contributed by atoms with Crippen LogP contribution >= 0.6 is 0 Å². The van der Waals surface area contributed by atoms with E-state index in [1.807, 2.05) is 25.1 Å². The maximum Gasteiger partial charge on any atom is 0.356 e. The molecule has 0 fully saturated rings. The van der Waals surface area contributed by atoms with Crippen molar-refractivity contribution in [3.05, 3.63) is 77.4 Å². The molecule has 1 amide bonds. The van der Waals surface area contributed by atoms with Crippen molar-refractivity contribution in [3.63, 3.8) is 0 Å². The van der Waals surface area contributed by atoms with Gasteiger partial charge < -0.3 is 14.2 Å². The number of carboxylic acids is 1. The smallest absolute Gasteiger partial charge is 0.356 e. The Labute approximate surface area is 184 Å². The minimum Gasteiger partial charge on any atom is -0.593 e. The molecule has 8 heteroatoms. The van der Waals surface area contributed by atoms with Crippen molar-refractivity contribution in [2.45, 2.75) is 33.1 Å². The van der Waals surface area contributed by atoms with Gasteiger partial charge in [-0.25, -0.2) is 9.78 Å². The summed E-state index contributed by atoms with van der Waals surface area (Å²) in [6.07, 6.45) is 4.25. The second-order valence-corrected chi connectivity index (χ2v) is 9.51.